The molecular formula is C30H29ClO3. The summed E-state index contributed by atoms with van der Waals surface area (Å²) in [4.78, 5) is 12.1. The molecule has 0 amide bonds. The van der Waals surface area contributed by atoms with Crippen molar-refractivity contribution in [2.24, 2.45) is 5.92 Å². The number of halogens is 1. The third kappa shape index (κ3) is 5.26. The third-order valence-electron chi connectivity index (χ3n) is 6.18. The molecule has 1 aliphatic rings. The van der Waals surface area contributed by atoms with Crippen LogP contribution < -0.4 is 4.74 Å². The Morgan fingerprint density at radius 3 is 2.50 bits per heavy atom. The Bertz CT molecular complexity index is 1260. The number of carboxylic acids is 1. The first-order chi connectivity index (χ1) is 16.3. The maximum Gasteiger partial charge on any atom is 0.336 e. The van der Waals surface area contributed by atoms with E-state index in [-0.39, 0.29) is 5.56 Å². The fourth-order valence-electron chi connectivity index (χ4n) is 4.30. The molecule has 0 heterocycles. The monoisotopic (exact) mass is 472 g/mol. The summed E-state index contributed by atoms with van der Waals surface area (Å²) in [7, 11) is 0. The molecule has 1 N–H and O–H groups in total. The zero-order chi connectivity index (χ0) is 24.2. The van der Waals surface area contributed by atoms with E-state index in [1.54, 1.807) is 6.07 Å². The number of carbonyl (C=O) groups is 1. The van der Waals surface area contributed by atoms with E-state index < -0.39 is 5.97 Å². The van der Waals surface area contributed by atoms with Gasteiger partial charge in [-0.25, -0.2) is 4.79 Å². The molecule has 0 saturated heterocycles. The standard InChI is InChI=1S/C30H29ClO3/c1-19(2)22-10-13-26(29(16-22)34-18-21-7-5-4-6-8-21)24-12-9-20(3)15-27(24)25-14-11-23(31)17-28(25)30(32)33/h4-14,16-17,19-20H,15,18H2,1-3H3,(H,32,33). The van der Waals surface area contributed by atoms with Crippen LogP contribution in [0, 0.1) is 5.92 Å². The molecule has 3 aromatic rings. The fourth-order valence-corrected chi connectivity index (χ4v) is 4.47. The van der Waals surface area contributed by atoms with Crippen molar-refractivity contribution in [2.75, 3.05) is 0 Å². The summed E-state index contributed by atoms with van der Waals surface area (Å²) in [5, 5.41) is 10.3. The number of hydrogen-bond donors (Lipinski definition) is 1. The van der Waals surface area contributed by atoms with Crippen molar-refractivity contribution < 1.29 is 14.6 Å². The fraction of sp³-hybridized carbons (Fsp3) is 0.233. The summed E-state index contributed by atoms with van der Waals surface area (Å²) in [6.07, 6.45) is 5.01. The van der Waals surface area contributed by atoms with Crippen molar-refractivity contribution in [3.63, 3.8) is 0 Å². The van der Waals surface area contributed by atoms with Crippen LogP contribution in [0.3, 0.4) is 0 Å². The largest absolute Gasteiger partial charge is 0.488 e. The molecule has 0 spiro atoms. The van der Waals surface area contributed by atoms with E-state index in [9.17, 15) is 9.90 Å². The SMILES string of the molecule is CC1C=CC(c2ccc(C(C)C)cc2OCc2ccccc2)=C(c2ccc(Cl)cc2C(=O)O)C1. The Hall–Kier alpha value is -3.30. The van der Waals surface area contributed by atoms with Crippen LogP contribution in [-0.4, -0.2) is 11.1 Å². The molecule has 4 rings (SSSR count). The highest BCUT2D eigenvalue weighted by Crippen LogP contribution is 2.42. The van der Waals surface area contributed by atoms with E-state index in [4.69, 9.17) is 16.3 Å². The number of rotatable bonds is 7. The molecule has 1 unspecified atom stereocenters. The second-order valence-electron chi connectivity index (χ2n) is 9.11. The van der Waals surface area contributed by atoms with Crippen molar-refractivity contribution in [1.82, 2.24) is 0 Å². The predicted octanol–water partition coefficient (Wildman–Crippen LogP) is 8.25. The summed E-state index contributed by atoms with van der Waals surface area (Å²) in [6, 6.07) is 21.5. The smallest absolute Gasteiger partial charge is 0.336 e. The summed E-state index contributed by atoms with van der Waals surface area (Å²) >= 11 is 6.14. The van der Waals surface area contributed by atoms with E-state index in [2.05, 4.69) is 51.1 Å². The number of hydrogen-bond acceptors (Lipinski definition) is 2. The Morgan fingerprint density at radius 1 is 1.06 bits per heavy atom. The van der Waals surface area contributed by atoms with Gasteiger partial charge in [-0.05, 0) is 64.3 Å². The van der Waals surface area contributed by atoms with Crippen LogP contribution in [0.1, 0.15) is 65.7 Å². The zero-order valence-electron chi connectivity index (χ0n) is 19.7. The molecule has 174 valence electrons. The van der Waals surface area contributed by atoms with Gasteiger partial charge < -0.3 is 9.84 Å². The summed E-state index contributed by atoms with van der Waals surface area (Å²) in [5.74, 6) is 0.466. The summed E-state index contributed by atoms with van der Waals surface area (Å²) in [6.45, 7) is 6.92. The predicted molar refractivity (Wildman–Crippen MR) is 139 cm³/mol. The Morgan fingerprint density at radius 2 is 1.79 bits per heavy atom. The van der Waals surface area contributed by atoms with Crippen LogP contribution in [0.15, 0.2) is 78.9 Å². The van der Waals surface area contributed by atoms with Gasteiger partial charge in [-0.2, -0.15) is 0 Å². The van der Waals surface area contributed by atoms with Crippen molar-refractivity contribution in [3.05, 3.63) is 112 Å². The summed E-state index contributed by atoms with van der Waals surface area (Å²) < 4.78 is 6.37. The van der Waals surface area contributed by atoms with Gasteiger partial charge in [0.05, 0.1) is 5.56 Å². The van der Waals surface area contributed by atoms with Gasteiger partial charge in [-0.15, -0.1) is 0 Å². The van der Waals surface area contributed by atoms with Crippen molar-refractivity contribution in [2.45, 2.75) is 39.7 Å². The first-order valence-corrected chi connectivity index (χ1v) is 12.0. The van der Waals surface area contributed by atoms with Crippen LogP contribution in [0.25, 0.3) is 11.1 Å². The highest BCUT2D eigenvalue weighted by atomic mass is 35.5. The molecule has 1 atom stereocenters. The highest BCUT2D eigenvalue weighted by molar-refractivity contribution is 6.31. The molecule has 1 aliphatic carbocycles. The molecule has 3 aromatic carbocycles. The first kappa shape index (κ1) is 23.8. The van der Waals surface area contributed by atoms with Gasteiger partial charge in [0.1, 0.15) is 12.4 Å². The minimum atomic E-state index is -0.984. The van der Waals surface area contributed by atoms with E-state index in [0.717, 1.165) is 34.4 Å². The number of ether oxygens (including phenoxy) is 1. The quantitative estimate of drug-likeness (QED) is 0.376. The van der Waals surface area contributed by atoms with Crippen LogP contribution in [0.2, 0.25) is 5.02 Å². The molecule has 34 heavy (non-hydrogen) atoms. The molecule has 3 nitrogen and oxygen atoms in total. The van der Waals surface area contributed by atoms with Crippen LogP contribution in [0.4, 0.5) is 0 Å². The van der Waals surface area contributed by atoms with Crippen molar-refractivity contribution >= 4 is 28.7 Å². The average Bonchev–Trinajstić information content (AvgIpc) is 2.83. The van der Waals surface area contributed by atoms with E-state index >= 15 is 0 Å². The van der Waals surface area contributed by atoms with Crippen molar-refractivity contribution in [3.8, 4) is 5.75 Å². The van der Waals surface area contributed by atoms with E-state index in [1.165, 1.54) is 11.6 Å². The number of benzene rings is 3. The molecule has 0 radical (unpaired) electrons. The maximum atomic E-state index is 12.1. The number of allylic oxidation sites excluding steroid dienone is 4. The third-order valence-corrected chi connectivity index (χ3v) is 6.41. The molecule has 0 aromatic heterocycles. The van der Waals surface area contributed by atoms with Gasteiger partial charge in [0.15, 0.2) is 0 Å². The van der Waals surface area contributed by atoms with Gasteiger partial charge in [0.2, 0.25) is 0 Å². The maximum absolute atomic E-state index is 12.1. The number of aromatic carboxylic acids is 1. The highest BCUT2D eigenvalue weighted by Gasteiger charge is 2.23. The zero-order valence-corrected chi connectivity index (χ0v) is 20.5. The van der Waals surface area contributed by atoms with Crippen molar-refractivity contribution in [1.29, 1.82) is 0 Å². The van der Waals surface area contributed by atoms with Crippen LogP contribution in [-0.2, 0) is 6.61 Å². The second-order valence-corrected chi connectivity index (χ2v) is 9.55. The normalized spacial score (nSPS) is 15.6. The Labute approximate surface area is 206 Å². The topological polar surface area (TPSA) is 46.5 Å². The number of carboxylic acid groups (broad SMARTS) is 1. The lowest BCUT2D eigenvalue weighted by Gasteiger charge is -2.24. The van der Waals surface area contributed by atoms with Gasteiger partial charge in [-0.3, -0.25) is 0 Å². The lowest BCUT2D eigenvalue weighted by atomic mass is 9.82. The lowest BCUT2D eigenvalue weighted by Crippen LogP contribution is -2.08. The van der Waals surface area contributed by atoms with Gasteiger partial charge in [0, 0.05) is 10.6 Å². The first-order valence-electron chi connectivity index (χ1n) is 11.6. The molecule has 0 fully saturated rings. The minimum absolute atomic E-state index is 0.216. The Balaban J connectivity index is 1.86. The van der Waals surface area contributed by atoms with E-state index in [0.29, 0.717) is 29.0 Å². The molecule has 4 heteroatoms. The average molecular weight is 473 g/mol. The lowest BCUT2D eigenvalue weighted by molar-refractivity contribution is 0.0696. The Kier molecular flexibility index (Phi) is 7.23. The van der Waals surface area contributed by atoms with Gasteiger partial charge >= 0.3 is 5.97 Å². The van der Waals surface area contributed by atoms with Gasteiger partial charge in [-0.1, -0.05) is 93.1 Å². The van der Waals surface area contributed by atoms with Crippen LogP contribution >= 0.6 is 11.6 Å². The molecule has 0 aliphatic heterocycles. The van der Waals surface area contributed by atoms with Gasteiger partial charge in [0.25, 0.3) is 0 Å². The summed E-state index contributed by atoms with van der Waals surface area (Å²) in [5.41, 5.74) is 6.14. The molecular weight excluding hydrogens is 444 g/mol. The van der Waals surface area contributed by atoms with Crippen LogP contribution in [0.5, 0.6) is 5.75 Å². The second kappa shape index (κ2) is 10.3. The molecule has 0 bridgehead atoms. The van der Waals surface area contributed by atoms with E-state index in [1.807, 2.05) is 36.4 Å². The minimum Gasteiger partial charge on any atom is -0.488 e. The molecule has 0 saturated carbocycles.